The molecule has 6 fully saturated rings. The molecular weight excluding hydrogens is 1380 g/mol. The number of halogens is 6. The first-order valence-electron chi connectivity index (χ1n) is 29.4. The Labute approximate surface area is 569 Å². The number of nitrogens with zero attached hydrogens (tertiary/aromatic N) is 9. The van der Waals surface area contributed by atoms with Crippen LogP contribution in [0.2, 0.25) is 28.5 Å². The van der Waals surface area contributed by atoms with Crippen LogP contribution in [0.25, 0.3) is 33.1 Å². The quantitative estimate of drug-likeness (QED) is 0.128. The van der Waals surface area contributed by atoms with E-state index in [-0.39, 0.29) is 62.9 Å². The Kier molecular flexibility index (Phi) is 18.0. The van der Waals surface area contributed by atoms with E-state index in [1.807, 2.05) is 104 Å². The zero-order valence-corrected chi connectivity index (χ0v) is 56.2. The second-order valence-corrected chi connectivity index (χ2v) is 30.6. The summed E-state index contributed by atoms with van der Waals surface area (Å²) >= 11 is 41.9. The number of aromatic nitrogens is 9. The number of hydrogen-bond acceptors (Lipinski definition) is 22. The second kappa shape index (κ2) is 25.2. The summed E-state index contributed by atoms with van der Waals surface area (Å²) in [6, 6.07) is 11.4. The van der Waals surface area contributed by atoms with Gasteiger partial charge in [-0.05, 0) is 114 Å². The van der Waals surface area contributed by atoms with Crippen LogP contribution in [0.5, 0.6) is 0 Å². The number of aliphatic hydroxyl groups excluding tert-OH is 2. The van der Waals surface area contributed by atoms with E-state index in [0.717, 1.165) is 47.6 Å². The summed E-state index contributed by atoms with van der Waals surface area (Å²) in [6.45, 7) is 12.5. The third-order valence-corrected chi connectivity index (χ3v) is 22.3. The van der Waals surface area contributed by atoms with Crippen LogP contribution in [0.15, 0.2) is 74.0 Å². The first kappa shape index (κ1) is 65.5. The lowest BCUT2D eigenvalue weighted by molar-refractivity contribution is -0.212. The second-order valence-electron chi connectivity index (χ2n) is 24.4. The zero-order valence-electron chi connectivity index (χ0n) is 49.2. The number of hydrogen-bond donors (Lipinski definition) is 2. The molecule has 0 spiro atoms. The van der Waals surface area contributed by atoms with E-state index in [0.29, 0.717) is 66.6 Å². The average Bonchev–Trinajstić information content (AvgIpc) is 1.59. The molecule has 17 heterocycles. The molecule has 0 bridgehead atoms. The Morgan fingerprint density at radius 1 is 0.511 bits per heavy atom. The van der Waals surface area contributed by atoms with E-state index in [1.54, 1.807) is 28.7 Å². The van der Waals surface area contributed by atoms with Crippen molar-refractivity contribution in [3.8, 4) is 0 Å². The third kappa shape index (κ3) is 11.8. The molecule has 92 heavy (non-hydrogen) atoms. The molecule has 0 radical (unpaired) electrons. The van der Waals surface area contributed by atoms with E-state index in [1.165, 1.54) is 41.4 Å². The van der Waals surface area contributed by atoms with Gasteiger partial charge in [-0.25, -0.2) is 29.9 Å². The largest absolute Gasteiger partial charge is 0.396 e. The van der Waals surface area contributed by atoms with Crippen LogP contribution >= 0.6 is 104 Å². The van der Waals surface area contributed by atoms with Gasteiger partial charge in [0.2, 0.25) is 0 Å². The molecule has 6 saturated heterocycles. The smallest absolute Gasteiger partial charge is 0.164 e. The van der Waals surface area contributed by atoms with Crippen LogP contribution in [0.3, 0.4) is 0 Å². The lowest BCUT2D eigenvalue weighted by atomic mass is 9.99. The van der Waals surface area contributed by atoms with E-state index in [4.69, 9.17) is 122 Å². The molecule has 0 saturated carbocycles. The van der Waals surface area contributed by atoms with E-state index in [9.17, 15) is 10.2 Å². The molecule has 2 N–H and O–H groups in total. The van der Waals surface area contributed by atoms with Crippen molar-refractivity contribution in [2.45, 2.75) is 178 Å². The van der Waals surface area contributed by atoms with Crippen molar-refractivity contribution in [3.63, 3.8) is 0 Å². The lowest BCUT2D eigenvalue weighted by Gasteiger charge is -2.31. The standard InChI is InChI=1S/C20H21Cl2N3O5S.2C20H19Cl2N3O4S.CH4/c1-20(2)29-14-13(12(27)16-9(4-6-26)7-11(21)31-16)28-19(15(14)30-20)25-5-3-10-17(22)23-8-24-18(10)25;2*1-20(2)28-13-12(14-16-9(4-6-26-14)7-11(21)30-16)27-19(15(13)29-20)25-5-3-10-17(22)23-8-24-18(10)25;/h3,5,7-8,12-15,19,26-27H,4,6H2,1-2H3;2*3,5,7-8,12-15,19H,4,6H2,1-2H3;1H4/t12-,13-,14-,15-,19-;12-,13+,14+,15+,19+;12-,13+,14-,15+,19+;/m100./s1. The first-order valence-corrected chi connectivity index (χ1v) is 34.1. The fourth-order valence-corrected chi connectivity index (χ4v) is 18.4. The molecule has 22 nitrogen and oxygen atoms in total. The summed E-state index contributed by atoms with van der Waals surface area (Å²) in [5, 5.41) is 24.1. The topological polar surface area (TPSA) is 234 Å². The highest BCUT2D eigenvalue weighted by Gasteiger charge is 2.62. The maximum Gasteiger partial charge on any atom is 0.164 e. The van der Waals surface area contributed by atoms with Crippen molar-refractivity contribution in [1.29, 1.82) is 0 Å². The first-order chi connectivity index (χ1) is 43.6. The Hall–Kier alpha value is -3.82. The Morgan fingerprint density at radius 3 is 1.32 bits per heavy atom. The van der Waals surface area contributed by atoms with Gasteiger partial charge >= 0.3 is 0 Å². The van der Waals surface area contributed by atoms with Gasteiger partial charge in [0.25, 0.3) is 0 Å². The van der Waals surface area contributed by atoms with Crippen LogP contribution in [0.1, 0.15) is 117 Å². The SMILES string of the molecule is C.CC1(C)O[C@H]2[C@@H](O1)[C@H](n1ccc3c(Cl)ncnc31)O[C@@H]2[C@@H](O)c1sc(Cl)cc1CCO.CC1(C)O[C@H]2[C@@H](O1)[C@H](n1ccc3c(Cl)ncnc31)O[C@@H]2[C@@H]1OCCc2cc(Cl)sc21.CC1(C)O[C@H]2[C@@H](O1)[C@H](n1ccc3c(Cl)ncnc31)O[C@@H]2[C@H]1OCCc2cc(Cl)sc21. The van der Waals surface area contributed by atoms with Crippen LogP contribution in [0.4, 0.5) is 0 Å². The van der Waals surface area contributed by atoms with E-state index >= 15 is 0 Å². The van der Waals surface area contributed by atoms with E-state index in [2.05, 4.69) is 29.9 Å². The predicted molar refractivity (Wildman–Crippen MR) is 346 cm³/mol. The maximum atomic E-state index is 11.3. The number of ether oxygens (including phenoxy) is 11. The Bertz CT molecular complexity index is 4040. The van der Waals surface area contributed by atoms with Gasteiger partial charge in [-0.15, -0.1) is 34.0 Å². The number of aliphatic hydroxyl groups is 2. The summed E-state index contributed by atoms with van der Waals surface area (Å²) in [5.74, 6) is -2.29. The maximum absolute atomic E-state index is 11.3. The highest BCUT2D eigenvalue weighted by atomic mass is 35.5. The van der Waals surface area contributed by atoms with Crippen molar-refractivity contribution in [2.24, 2.45) is 0 Å². The highest BCUT2D eigenvalue weighted by molar-refractivity contribution is 7.17. The lowest BCUT2D eigenvalue weighted by Crippen LogP contribution is -2.36. The van der Waals surface area contributed by atoms with Crippen molar-refractivity contribution in [1.82, 2.24) is 43.6 Å². The summed E-state index contributed by atoms with van der Waals surface area (Å²) in [4.78, 5) is 28.2. The van der Waals surface area contributed by atoms with Crippen molar-refractivity contribution < 1.29 is 62.3 Å². The van der Waals surface area contributed by atoms with Crippen LogP contribution in [0, 0.1) is 0 Å². The highest BCUT2D eigenvalue weighted by Crippen LogP contribution is 2.54. The fourth-order valence-electron chi connectivity index (χ4n) is 13.7. The normalized spacial score (nSPS) is 30.7. The number of fused-ring (bicyclic) bond motifs is 8. The van der Waals surface area contributed by atoms with Gasteiger partial charge in [0.05, 0.1) is 42.4 Å². The molecule has 17 rings (SSSR count). The molecular formula is C61H63Cl6N9O13S3. The minimum Gasteiger partial charge on any atom is -0.396 e. The summed E-state index contributed by atoms with van der Waals surface area (Å²) in [6.07, 6.45) is 5.38. The molecule has 31 heteroatoms. The van der Waals surface area contributed by atoms with Gasteiger partial charge in [-0.1, -0.05) is 77.0 Å². The Morgan fingerprint density at radius 2 is 0.891 bits per heavy atom. The Balaban J connectivity index is 0.000000119. The minimum atomic E-state index is -1.01. The summed E-state index contributed by atoms with van der Waals surface area (Å²) < 4.78 is 77.1. The minimum absolute atomic E-state index is 0. The molecule has 0 amide bonds. The van der Waals surface area contributed by atoms with Crippen molar-refractivity contribution in [2.75, 3.05) is 19.8 Å². The molecule has 490 valence electrons. The molecule has 0 aromatic carbocycles. The summed E-state index contributed by atoms with van der Waals surface area (Å²) in [7, 11) is 0. The monoisotopic (exact) mass is 1440 g/mol. The molecule has 8 aliphatic rings. The fraction of sp³-hybridized carbons (Fsp3) is 0.508. The molecule has 15 atom stereocenters. The molecule has 8 aliphatic heterocycles. The van der Waals surface area contributed by atoms with Gasteiger partial charge in [-0.3, -0.25) is 0 Å². The number of rotatable bonds is 9. The predicted octanol–water partition coefficient (Wildman–Crippen LogP) is 13.2. The molecule has 0 aliphatic carbocycles. The zero-order chi connectivity index (χ0) is 63.2. The molecule has 0 unspecified atom stereocenters. The van der Waals surface area contributed by atoms with Gasteiger partial charge in [0.1, 0.15) is 125 Å². The third-order valence-electron chi connectivity index (χ3n) is 17.2. The average molecular weight is 1440 g/mol. The van der Waals surface area contributed by atoms with Gasteiger partial charge < -0.3 is 76.0 Å². The number of thiophene rings is 3. The van der Waals surface area contributed by atoms with Crippen molar-refractivity contribution in [3.05, 3.63) is 134 Å². The van der Waals surface area contributed by atoms with Crippen LogP contribution in [-0.4, -0.2) is 146 Å². The molecule has 9 aromatic rings. The van der Waals surface area contributed by atoms with Gasteiger partial charge in [-0.2, -0.15) is 0 Å². The molecule has 9 aromatic heterocycles. The van der Waals surface area contributed by atoms with Gasteiger partial charge in [0.15, 0.2) is 36.0 Å². The van der Waals surface area contributed by atoms with Gasteiger partial charge in [0, 0.05) is 39.8 Å². The van der Waals surface area contributed by atoms with Crippen LogP contribution in [-0.2, 0) is 71.4 Å². The van der Waals surface area contributed by atoms with Crippen molar-refractivity contribution >= 4 is 137 Å². The van der Waals surface area contributed by atoms with E-state index < -0.39 is 60.5 Å². The van der Waals surface area contributed by atoms with Crippen LogP contribution < -0.4 is 0 Å². The summed E-state index contributed by atoms with van der Waals surface area (Å²) in [5.41, 5.74) is 5.21.